The summed E-state index contributed by atoms with van der Waals surface area (Å²) in [6.07, 6.45) is 1.22. The van der Waals surface area contributed by atoms with Gasteiger partial charge in [0, 0.05) is 25.3 Å². The van der Waals surface area contributed by atoms with Crippen molar-refractivity contribution >= 4 is 23.5 Å². The van der Waals surface area contributed by atoms with Crippen molar-refractivity contribution in [1.29, 1.82) is 0 Å². The van der Waals surface area contributed by atoms with Crippen LogP contribution in [0.2, 0.25) is 0 Å². The zero-order valence-corrected chi connectivity index (χ0v) is 10.6. The summed E-state index contributed by atoms with van der Waals surface area (Å²) in [4.78, 5) is 0. The smallest absolute Gasteiger partial charge is 0.187 e. The van der Waals surface area contributed by atoms with Gasteiger partial charge in [-0.3, -0.25) is 5.43 Å². The summed E-state index contributed by atoms with van der Waals surface area (Å²) in [6, 6.07) is 3.23. The van der Waals surface area contributed by atoms with Crippen molar-refractivity contribution in [3.05, 3.63) is 35.4 Å². The zero-order valence-electron chi connectivity index (χ0n) is 9.74. The average molecular weight is 273 g/mol. The minimum Gasteiger partial charge on any atom is -0.383 e. The minimum atomic E-state index is -0.682. The Morgan fingerprint density at radius 1 is 1.50 bits per heavy atom. The number of hydrogen-bond acceptors (Lipinski definition) is 3. The van der Waals surface area contributed by atoms with Crippen molar-refractivity contribution in [2.45, 2.75) is 0 Å². The zero-order chi connectivity index (χ0) is 13.4. The Balaban J connectivity index is 2.42. The van der Waals surface area contributed by atoms with Gasteiger partial charge in [0.25, 0.3) is 0 Å². The Kier molecular flexibility index (Phi) is 6.16. The third-order valence-electron chi connectivity index (χ3n) is 1.92. The monoisotopic (exact) mass is 273 g/mol. The fourth-order valence-corrected chi connectivity index (χ4v) is 1.23. The number of hydrogen-bond donors (Lipinski definition) is 2. The van der Waals surface area contributed by atoms with Crippen molar-refractivity contribution in [3.8, 4) is 0 Å². The molecule has 0 fully saturated rings. The summed E-state index contributed by atoms with van der Waals surface area (Å²) >= 11 is 4.89. The van der Waals surface area contributed by atoms with Crippen LogP contribution < -0.4 is 10.7 Å². The summed E-state index contributed by atoms with van der Waals surface area (Å²) in [5.41, 5.74) is 2.68. The van der Waals surface area contributed by atoms with Crippen molar-refractivity contribution in [2.75, 3.05) is 20.3 Å². The van der Waals surface area contributed by atoms with Crippen LogP contribution in [0.15, 0.2) is 23.3 Å². The van der Waals surface area contributed by atoms with E-state index in [9.17, 15) is 8.78 Å². The van der Waals surface area contributed by atoms with Crippen LogP contribution in [0.1, 0.15) is 5.56 Å². The van der Waals surface area contributed by atoms with E-state index in [-0.39, 0.29) is 5.56 Å². The molecule has 0 amide bonds. The Morgan fingerprint density at radius 2 is 2.28 bits per heavy atom. The summed E-state index contributed by atoms with van der Waals surface area (Å²) in [5.74, 6) is -1.31. The van der Waals surface area contributed by atoms with Gasteiger partial charge in [-0.25, -0.2) is 8.78 Å². The Labute approximate surface area is 109 Å². The molecule has 0 saturated heterocycles. The molecule has 7 heteroatoms. The second kappa shape index (κ2) is 7.67. The number of halogens is 2. The lowest BCUT2D eigenvalue weighted by Gasteiger charge is -2.05. The molecule has 0 aromatic heterocycles. The SMILES string of the molecule is COCCNC(=S)N/N=C\c1ccc(F)cc1F. The first-order valence-electron chi connectivity index (χ1n) is 5.14. The maximum Gasteiger partial charge on any atom is 0.187 e. The fraction of sp³-hybridized carbons (Fsp3) is 0.273. The fourth-order valence-electron chi connectivity index (χ4n) is 1.07. The van der Waals surface area contributed by atoms with E-state index < -0.39 is 11.6 Å². The lowest BCUT2D eigenvalue weighted by Crippen LogP contribution is -2.34. The maximum atomic E-state index is 13.2. The van der Waals surface area contributed by atoms with Gasteiger partial charge >= 0.3 is 0 Å². The molecule has 0 unspecified atom stereocenters. The van der Waals surface area contributed by atoms with E-state index in [4.69, 9.17) is 17.0 Å². The van der Waals surface area contributed by atoms with Crippen molar-refractivity contribution < 1.29 is 13.5 Å². The van der Waals surface area contributed by atoms with Gasteiger partial charge in [0.2, 0.25) is 0 Å². The first kappa shape index (κ1) is 14.5. The third kappa shape index (κ3) is 5.15. The molecule has 1 rings (SSSR count). The number of nitrogens with zero attached hydrogens (tertiary/aromatic N) is 1. The Hall–Kier alpha value is -1.60. The van der Waals surface area contributed by atoms with E-state index in [1.54, 1.807) is 7.11 Å². The van der Waals surface area contributed by atoms with Crippen LogP contribution in [0.3, 0.4) is 0 Å². The quantitative estimate of drug-likeness (QED) is 0.368. The van der Waals surface area contributed by atoms with Gasteiger partial charge in [0.15, 0.2) is 5.11 Å². The average Bonchev–Trinajstić information content (AvgIpc) is 2.32. The predicted molar refractivity (Wildman–Crippen MR) is 69.6 cm³/mol. The second-order valence-electron chi connectivity index (χ2n) is 3.28. The molecule has 0 spiro atoms. The van der Waals surface area contributed by atoms with Crippen LogP contribution in [-0.4, -0.2) is 31.6 Å². The van der Waals surface area contributed by atoms with Crippen LogP contribution in [0.25, 0.3) is 0 Å². The molecule has 1 aromatic carbocycles. The minimum absolute atomic E-state index is 0.170. The van der Waals surface area contributed by atoms with E-state index in [1.807, 2.05) is 0 Å². The number of ether oxygens (including phenoxy) is 1. The molecule has 2 N–H and O–H groups in total. The van der Waals surface area contributed by atoms with Crippen molar-refractivity contribution in [3.63, 3.8) is 0 Å². The molecule has 0 atom stereocenters. The number of methoxy groups -OCH3 is 1. The molecule has 0 aliphatic carbocycles. The highest BCUT2D eigenvalue weighted by atomic mass is 32.1. The van der Waals surface area contributed by atoms with E-state index in [2.05, 4.69) is 15.8 Å². The van der Waals surface area contributed by atoms with Gasteiger partial charge in [0.05, 0.1) is 12.8 Å². The molecule has 0 radical (unpaired) electrons. The molecule has 1 aromatic rings. The molecule has 0 bridgehead atoms. The number of nitrogens with one attached hydrogen (secondary N) is 2. The van der Waals surface area contributed by atoms with E-state index >= 15 is 0 Å². The maximum absolute atomic E-state index is 13.2. The summed E-state index contributed by atoms with van der Waals surface area (Å²) < 4.78 is 30.6. The molecule has 0 heterocycles. The lowest BCUT2D eigenvalue weighted by atomic mass is 10.2. The Bertz CT molecular complexity index is 440. The van der Waals surface area contributed by atoms with Gasteiger partial charge < -0.3 is 10.1 Å². The van der Waals surface area contributed by atoms with Crippen LogP contribution in [0.5, 0.6) is 0 Å². The number of hydrazone groups is 1. The molecule has 0 aliphatic heterocycles. The number of thiocarbonyl (C=S) groups is 1. The predicted octanol–water partition coefficient (Wildman–Crippen LogP) is 1.41. The molecular formula is C11H13F2N3OS. The normalized spacial score (nSPS) is 10.6. The number of rotatable bonds is 5. The molecule has 98 valence electrons. The standard InChI is InChI=1S/C11H13F2N3OS/c1-17-5-4-14-11(18)16-15-7-8-2-3-9(12)6-10(8)13/h2-3,6-7H,4-5H2,1H3,(H2,14,16,18)/b15-7-. The summed E-state index contributed by atoms with van der Waals surface area (Å²) in [5, 5.41) is 6.85. The first-order chi connectivity index (χ1) is 8.63. The molecular weight excluding hydrogens is 260 g/mol. The van der Waals surface area contributed by atoms with Crippen LogP contribution >= 0.6 is 12.2 Å². The van der Waals surface area contributed by atoms with Gasteiger partial charge in [0.1, 0.15) is 11.6 Å². The highest BCUT2D eigenvalue weighted by Crippen LogP contribution is 2.06. The highest BCUT2D eigenvalue weighted by Gasteiger charge is 2.00. The molecule has 0 aliphatic rings. The topological polar surface area (TPSA) is 45.6 Å². The number of benzene rings is 1. The van der Waals surface area contributed by atoms with Crippen LogP contribution in [-0.2, 0) is 4.74 Å². The highest BCUT2D eigenvalue weighted by molar-refractivity contribution is 7.80. The molecule has 4 nitrogen and oxygen atoms in total. The lowest BCUT2D eigenvalue weighted by molar-refractivity contribution is 0.204. The summed E-state index contributed by atoms with van der Waals surface area (Å²) in [7, 11) is 1.58. The molecule has 0 saturated carbocycles. The van der Waals surface area contributed by atoms with E-state index in [0.717, 1.165) is 12.1 Å². The van der Waals surface area contributed by atoms with Gasteiger partial charge in [-0.2, -0.15) is 5.10 Å². The van der Waals surface area contributed by atoms with Gasteiger partial charge in [-0.15, -0.1) is 0 Å². The van der Waals surface area contributed by atoms with E-state index in [0.29, 0.717) is 18.3 Å². The van der Waals surface area contributed by atoms with Crippen molar-refractivity contribution in [1.82, 2.24) is 10.7 Å². The second-order valence-corrected chi connectivity index (χ2v) is 3.69. The van der Waals surface area contributed by atoms with Crippen LogP contribution in [0.4, 0.5) is 8.78 Å². The summed E-state index contributed by atoms with van der Waals surface area (Å²) in [6.45, 7) is 1.06. The van der Waals surface area contributed by atoms with Gasteiger partial charge in [-0.1, -0.05) is 0 Å². The van der Waals surface area contributed by atoms with Crippen LogP contribution in [0, 0.1) is 11.6 Å². The van der Waals surface area contributed by atoms with Gasteiger partial charge in [-0.05, 0) is 24.4 Å². The largest absolute Gasteiger partial charge is 0.383 e. The first-order valence-corrected chi connectivity index (χ1v) is 5.55. The van der Waals surface area contributed by atoms with E-state index in [1.165, 1.54) is 12.3 Å². The third-order valence-corrected chi connectivity index (χ3v) is 2.16. The Morgan fingerprint density at radius 3 is 2.94 bits per heavy atom. The molecule has 18 heavy (non-hydrogen) atoms. The van der Waals surface area contributed by atoms with Crippen molar-refractivity contribution in [2.24, 2.45) is 5.10 Å².